The minimum Gasteiger partial charge on any atom is -0.488 e. The zero-order valence-corrected chi connectivity index (χ0v) is 12.5. The monoisotopic (exact) mass is 298 g/mol. The van der Waals surface area contributed by atoms with Crippen LogP contribution in [0.25, 0.3) is 11.0 Å². The van der Waals surface area contributed by atoms with Gasteiger partial charge >= 0.3 is 0 Å². The molecule has 0 aliphatic carbocycles. The average molecular weight is 299 g/mol. The Hall–Kier alpha value is -1.09. The van der Waals surface area contributed by atoms with E-state index in [1.807, 2.05) is 18.3 Å². The maximum atomic E-state index is 6.10. The lowest BCUT2D eigenvalue weighted by Gasteiger charge is -2.09. The molecule has 6 heteroatoms. The summed E-state index contributed by atoms with van der Waals surface area (Å²) in [5, 5.41) is 0.383. The molecule has 2 rings (SSSR count). The van der Waals surface area contributed by atoms with Crippen LogP contribution >= 0.6 is 20.3 Å². The molecule has 0 aliphatic heterocycles. The molecular formula is C13H16ClN2O2P. The second-order valence-electron chi connectivity index (χ2n) is 3.80. The number of hydrogen-bond donors (Lipinski definition) is 0. The summed E-state index contributed by atoms with van der Waals surface area (Å²) in [5.74, 6) is 0.592. The van der Waals surface area contributed by atoms with Crippen molar-refractivity contribution in [3.63, 3.8) is 0 Å². The van der Waals surface area contributed by atoms with Gasteiger partial charge in [0, 0.05) is 12.3 Å². The highest BCUT2D eigenvalue weighted by Gasteiger charge is 2.09. The van der Waals surface area contributed by atoms with Crippen molar-refractivity contribution in [2.45, 2.75) is 0 Å². The van der Waals surface area contributed by atoms with Crippen molar-refractivity contribution in [3.8, 4) is 5.75 Å². The Morgan fingerprint density at radius 3 is 3.11 bits per heavy atom. The molecule has 102 valence electrons. The van der Waals surface area contributed by atoms with Crippen LogP contribution in [0.15, 0.2) is 31.0 Å². The van der Waals surface area contributed by atoms with Crippen molar-refractivity contribution < 1.29 is 9.47 Å². The molecule has 0 saturated heterocycles. The first kappa shape index (κ1) is 14.3. The lowest BCUT2D eigenvalue weighted by molar-refractivity contribution is 0.121. The van der Waals surface area contributed by atoms with Gasteiger partial charge in [0.05, 0.1) is 24.2 Å². The molecule has 0 aliphatic rings. The third kappa shape index (κ3) is 3.47. The van der Waals surface area contributed by atoms with Crippen LogP contribution in [0.2, 0.25) is 5.15 Å². The summed E-state index contributed by atoms with van der Waals surface area (Å²) in [6, 6.07) is 3.88. The van der Waals surface area contributed by atoms with Crippen molar-refractivity contribution in [2.75, 3.05) is 26.5 Å². The molecule has 1 atom stereocenters. The molecule has 0 spiro atoms. The smallest absolute Gasteiger partial charge is 0.171 e. The Labute approximate surface area is 119 Å². The van der Waals surface area contributed by atoms with Crippen LogP contribution in [0.1, 0.15) is 0 Å². The Balaban J connectivity index is 2.09. The molecule has 19 heavy (non-hydrogen) atoms. The van der Waals surface area contributed by atoms with Gasteiger partial charge in [0.2, 0.25) is 0 Å². The number of rotatable bonds is 7. The van der Waals surface area contributed by atoms with Crippen molar-refractivity contribution in [2.24, 2.45) is 0 Å². The maximum Gasteiger partial charge on any atom is 0.171 e. The third-order valence-electron chi connectivity index (χ3n) is 2.56. The van der Waals surface area contributed by atoms with E-state index in [1.54, 1.807) is 6.08 Å². The van der Waals surface area contributed by atoms with E-state index >= 15 is 0 Å². The molecule has 0 aromatic carbocycles. The van der Waals surface area contributed by atoms with Crippen LogP contribution in [0.5, 0.6) is 5.75 Å². The standard InChI is InChI=1S/C13H16ClN2O2P/c1-3-6-17-7-8-18-12-9-11-10(15-13(12)14)4-5-16(11)19-2/h3-5,9,19H,1,6-8H2,2H3. The molecule has 0 N–H and O–H groups in total. The van der Waals surface area contributed by atoms with Gasteiger partial charge in [-0.2, -0.15) is 0 Å². The van der Waals surface area contributed by atoms with E-state index in [9.17, 15) is 0 Å². The van der Waals surface area contributed by atoms with Crippen LogP contribution in [-0.2, 0) is 4.74 Å². The molecule has 0 radical (unpaired) electrons. The summed E-state index contributed by atoms with van der Waals surface area (Å²) in [7, 11) is 0.646. The van der Waals surface area contributed by atoms with Gasteiger partial charge in [-0.3, -0.25) is 0 Å². The quantitative estimate of drug-likeness (QED) is 0.340. The molecule has 0 amide bonds. The molecule has 2 aromatic heterocycles. The molecule has 0 bridgehead atoms. The number of hydrogen-bond acceptors (Lipinski definition) is 3. The topological polar surface area (TPSA) is 36.3 Å². The number of aromatic nitrogens is 2. The van der Waals surface area contributed by atoms with Crippen LogP contribution < -0.4 is 4.74 Å². The van der Waals surface area contributed by atoms with Gasteiger partial charge < -0.3 is 13.8 Å². The van der Waals surface area contributed by atoms with Gasteiger partial charge in [-0.15, -0.1) is 6.58 Å². The fourth-order valence-electron chi connectivity index (χ4n) is 1.69. The van der Waals surface area contributed by atoms with Gasteiger partial charge in [-0.05, 0) is 21.5 Å². The van der Waals surface area contributed by atoms with Gasteiger partial charge in [0.25, 0.3) is 0 Å². The second-order valence-corrected chi connectivity index (χ2v) is 5.09. The highest BCUT2D eigenvalue weighted by Crippen LogP contribution is 2.30. The lowest BCUT2D eigenvalue weighted by Crippen LogP contribution is -2.07. The van der Waals surface area contributed by atoms with Gasteiger partial charge in [-0.25, -0.2) is 4.98 Å². The van der Waals surface area contributed by atoms with E-state index in [0.29, 0.717) is 39.5 Å². The summed E-state index contributed by atoms with van der Waals surface area (Å²) in [4.78, 5) is 4.33. The zero-order valence-electron chi connectivity index (χ0n) is 10.7. The minimum atomic E-state index is 0.383. The number of ether oxygens (including phenoxy) is 2. The predicted octanol–water partition coefficient (Wildman–Crippen LogP) is 3.34. The number of pyridine rings is 1. The SMILES string of the molecule is C=CCOCCOc1cc2c(ccn2PC)nc1Cl. The summed E-state index contributed by atoms with van der Waals surface area (Å²) in [6.45, 7) is 7.15. The van der Waals surface area contributed by atoms with E-state index in [2.05, 4.69) is 22.6 Å². The highest BCUT2D eigenvalue weighted by molar-refractivity contribution is 7.35. The van der Waals surface area contributed by atoms with Gasteiger partial charge in [-0.1, -0.05) is 17.7 Å². The fraction of sp³-hybridized carbons (Fsp3) is 0.308. The van der Waals surface area contributed by atoms with Crippen LogP contribution in [0.4, 0.5) is 0 Å². The molecule has 4 nitrogen and oxygen atoms in total. The first-order valence-corrected chi connectivity index (χ1v) is 7.75. The minimum absolute atomic E-state index is 0.383. The highest BCUT2D eigenvalue weighted by atomic mass is 35.5. The van der Waals surface area contributed by atoms with Crippen LogP contribution in [-0.4, -0.2) is 35.8 Å². The first-order valence-electron chi connectivity index (χ1n) is 5.93. The van der Waals surface area contributed by atoms with Gasteiger partial charge in [0.1, 0.15) is 6.61 Å². The van der Waals surface area contributed by atoms with Crippen molar-refractivity contribution in [1.29, 1.82) is 0 Å². The lowest BCUT2D eigenvalue weighted by atomic mass is 10.4. The predicted molar refractivity (Wildman–Crippen MR) is 80.9 cm³/mol. The normalized spacial score (nSPS) is 11.5. The first-order chi connectivity index (χ1) is 9.26. The molecule has 2 aromatic rings. The summed E-state index contributed by atoms with van der Waals surface area (Å²) in [5.41, 5.74) is 1.92. The Bertz CT molecular complexity index is 571. The van der Waals surface area contributed by atoms with Gasteiger partial charge in [0.15, 0.2) is 10.9 Å². The summed E-state index contributed by atoms with van der Waals surface area (Å²) < 4.78 is 13.0. The Kier molecular flexibility index (Phi) is 5.20. The zero-order chi connectivity index (χ0) is 13.7. The molecule has 2 heterocycles. The van der Waals surface area contributed by atoms with E-state index in [-0.39, 0.29) is 0 Å². The molecule has 0 fully saturated rings. The maximum absolute atomic E-state index is 6.10. The Morgan fingerprint density at radius 1 is 1.53 bits per heavy atom. The van der Waals surface area contributed by atoms with Crippen molar-refractivity contribution >= 4 is 31.4 Å². The number of fused-ring (bicyclic) bond motifs is 1. The van der Waals surface area contributed by atoms with E-state index in [4.69, 9.17) is 21.1 Å². The average Bonchev–Trinajstić information content (AvgIpc) is 2.80. The molecule has 1 unspecified atom stereocenters. The van der Waals surface area contributed by atoms with Crippen LogP contribution in [0.3, 0.4) is 0 Å². The Morgan fingerprint density at radius 2 is 2.37 bits per heavy atom. The van der Waals surface area contributed by atoms with Crippen molar-refractivity contribution in [3.05, 3.63) is 36.1 Å². The summed E-state index contributed by atoms with van der Waals surface area (Å²) in [6.07, 6.45) is 3.71. The van der Waals surface area contributed by atoms with E-state index in [0.717, 1.165) is 11.0 Å². The number of nitrogens with zero attached hydrogens (tertiary/aromatic N) is 2. The molecular weight excluding hydrogens is 283 g/mol. The van der Waals surface area contributed by atoms with Crippen LogP contribution in [0, 0.1) is 0 Å². The largest absolute Gasteiger partial charge is 0.488 e. The van der Waals surface area contributed by atoms with E-state index < -0.39 is 0 Å². The number of halogens is 1. The fourth-order valence-corrected chi connectivity index (χ4v) is 2.53. The third-order valence-corrected chi connectivity index (χ3v) is 3.70. The van der Waals surface area contributed by atoms with E-state index in [1.165, 1.54) is 0 Å². The second kappa shape index (κ2) is 6.90. The van der Waals surface area contributed by atoms with Crippen molar-refractivity contribution in [1.82, 2.24) is 9.32 Å². The molecule has 0 saturated carbocycles. The summed E-state index contributed by atoms with van der Waals surface area (Å²) >= 11 is 6.10.